The topological polar surface area (TPSA) is 25.2 Å². The number of hydrogen-bond donors (Lipinski definition) is 1. The van der Waals surface area contributed by atoms with Crippen LogP contribution < -0.4 is 5.32 Å². The van der Waals surface area contributed by atoms with Gasteiger partial charge in [0.05, 0.1) is 6.26 Å². The van der Waals surface area contributed by atoms with Crippen molar-refractivity contribution in [3.63, 3.8) is 0 Å². The molecule has 114 valence electrons. The molecule has 1 N–H and O–H groups in total. The highest BCUT2D eigenvalue weighted by molar-refractivity contribution is 5.20. The fraction of sp³-hybridized carbons (Fsp3) is 0.412. The smallest absolute Gasteiger partial charge is 0.129 e. The van der Waals surface area contributed by atoms with Crippen molar-refractivity contribution in [2.24, 2.45) is 0 Å². The first-order valence-corrected chi connectivity index (χ1v) is 7.27. The Morgan fingerprint density at radius 2 is 1.76 bits per heavy atom. The predicted molar refractivity (Wildman–Crippen MR) is 79.2 cm³/mol. The Kier molecular flexibility index (Phi) is 5.51. The third kappa shape index (κ3) is 4.67. The van der Waals surface area contributed by atoms with Crippen LogP contribution in [0.1, 0.15) is 31.6 Å². The molecule has 0 radical (unpaired) electrons. The lowest BCUT2D eigenvalue weighted by Gasteiger charge is -2.20. The van der Waals surface area contributed by atoms with E-state index in [1.54, 1.807) is 6.26 Å². The zero-order valence-corrected chi connectivity index (χ0v) is 12.4. The second-order valence-corrected chi connectivity index (χ2v) is 5.49. The molecule has 2 aromatic rings. The maximum atomic E-state index is 13.6. The van der Waals surface area contributed by atoms with E-state index in [4.69, 9.17) is 4.42 Å². The minimum absolute atomic E-state index is 0.00278. The molecule has 4 heteroatoms. The van der Waals surface area contributed by atoms with E-state index < -0.39 is 11.6 Å². The number of halogens is 2. The second kappa shape index (κ2) is 7.36. The first kappa shape index (κ1) is 15.7. The Balaban J connectivity index is 1.82. The minimum atomic E-state index is -0.480. The number of nitrogens with one attached hydrogen (secondary N) is 1. The van der Waals surface area contributed by atoms with E-state index >= 15 is 0 Å². The fourth-order valence-electron chi connectivity index (χ4n) is 2.48. The Hall–Kier alpha value is -1.68. The summed E-state index contributed by atoms with van der Waals surface area (Å²) in [5, 5.41) is 3.37. The van der Waals surface area contributed by atoms with Gasteiger partial charge < -0.3 is 9.73 Å². The highest BCUT2D eigenvalue weighted by atomic mass is 19.1. The molecule has 1 aromatic carbocycles. The van der Waals surface area contributed by atoms with Crippen molar-refractivity contribution in [2.75, 3.05) is 0 Å². The number of furan rings is 1. The summed E-state index contributed by atoms with van der Waals surface area (Å²) in [6.45, 7) is 4.01. The summed E-state index contributed by atoms with van der Waals surface area (Å²) in [4.78, 5) is 0. The molecular formula is C17H21F2NO. The van der Waals surface area contributed by atoms with E-state index in [0.29, 0.717) is 6.42 Å². The van der Waals surface area contributed by atoms with Gasteiger partial charge in [0.15, 0.2) is 0 Å². The highest BCUT2D eigenvalue weighted by Gasteiger charge is 2.14. The van der Waals surface area contributed by atoms with Crippen molar-refractivity contribution in [3.05, 3.63) is 59.6 Å². The summed E-state index contributed by atoms with van der Waals surface area (Å²) in [7, 11) is 0. The molecule has 2 rings (SSSR count). The van der Waals surface area contributed by atoms with Crippen molar-refractivity contribution in [3.8, 4) is 0 Å². The maximum Gasteiger partial charge on any atom is 0.129 e. The van der Waals surface area contributed by atoms with Gasteiger partial charge in [0.2, 0.25) is 0 Å². The van der Waals surface area contributed by atoms with E-state index in [1.165, 1.54) is 18.2 Å². The first-order chi connectivity index (χ1) is 10.1. The number of hydrogen-bond acceptors (Lipinski definition) is 2. The van der Waals surface area contributed by atoms with Gasteiger partial charge in [-0.15, -0.1) is 0 Å². The standard InChI is InChI=1S/C17H21F2NO/c1-12(8-9-14-5-4-10-21-14)20-13(2)11-15-16(18)6-3-7-17(15)19/h3-7,10,12-13,20H,8-9,11H2,1-2H3. The van der Waals surface area contributed by atoms with Gasteiger partial charge in [-0.25, -0.2) is 8.78 Å². The van der Waals surface area contributed by atoms with Crippen LogP contribution in [0.2, 0.25) is 0 Å². The highest BCUT2D eigenvalue weighted by Crippen LogP contribution is 2.15. The molecule has 0 amide bonds. The summed E-state index contributed by atoms with van der Waals surface area (Å²) in [6, 6.07) is 8.06. The largest absolute Gasteiger partial charge is 0.469 e. The lowest BCUT2D eigenvalue weighted by Crippen LogP contribution is -2.36. The number of aryl methyl sites for hydroxylation is 1. The Bertz CT molecular complexity index is 534. The fourth-order valence-corrected chi connectivity index (χ4v) is 2.48. The lowest BCUT2D eigenvalue weighted by molar-refractivity contribution is 0.416. The molecule has 0 aliphatic heterocycles. The maximum absolute atomic E-state index is 13.6. The second-order valence-electron chi connectivity index (χ2n) is 5.49. The Morgan fingerprint density at radius 1 is 1.05 bits per heavy atom. The summed E-state index contributed by atoms with van der Waals surface area (Å²) in [5.41, 5.74) is 0.149. The van der Waals surface area contributed by atoms with Crippen molar-refractivity contribution < 1.29 is 13.2 Å². The average molecular weight is 293 g/mol. The van der Waals surface area contributed by atoms with E-state index in [9.17, 15) is 8.78 Å². The average Bonchev–Trinajstić information content (AvgIpc) is 2.94. The quantitative estimate of drug-likeness (QED) is 0.831. The van der Waals surface area contributed by atoms with Gasteiger partial charge in [0.25, 0.3) is 0 Å². The van der Waals surface area contributed by atoms with Gasteiger partial charge in [-0.1, -0.05) is 6.07 Å². The molecule has 0 fully saturated rings. The number of rotatable bonds is 7. The van der Waals surface area contributed by atoms with Crippen LogP contribution in [0, 0.1) is 11.6 Å². The van der Waals surface area contributed by atoms with Crippen molar-refractivity contribution in [1.82, 2.24) is 5.32 Å². The Morgan fingerprint density at radius 3 is 2.38 bits per heavy atom. The molecule has 1 aromatic heterocycles. The summed E-state index contributed by atoms with van der Waals surface area (Å²) in [5.74, 6) is -0.00442. The molecule has 2 nitrogen and oxygen atoms in total. The molecule has 2 unspecified atom stereocenters. The van der Waals surface area contributed by atoms with E-state index in [0.717, 1.165) is 18.6 Å². The summed E-state index contributed by atoms with van der Waals surface area (Å²) < 4.78 is 32.5. The van der Waals surface area contributed by atoms with Crippen LogP contribution in [-0.4, -0.2) is 12.1 Å². The molecule has 0 aliphatic rings. The molecule has 2 atom stereocenters. The van der Waals surface area contributed by atoms with Gasteiger partial charge in [-0.2, -0.15) is 0 Å². The molecular weight excluding hydrogens is 272 g/mol. The van der Waals surface area contributed by atoms with Crippen molar-refractivity contribution >= 4 is 0 Å². The molecule has 1 heterocycles. The summed E-state index contributed by atoms with van der Waals surface area (Å²) >= 11 is 0. The molecule has 0 aliphatic carbocycles. The molecule has 0 saturated heterocycles. The number of benzene rings is 1. The lowest BCUT2D eigenvalue weighted by atomic mass is 10.0. The first-order valence-electron chi connectivity index (χ1n) is 7.27. The zero-order chi connectivity index (χ0) is 15.2. The molecule has 21 heavy (non-hydrogen) atoms. The summed E-state index contributed by atoms with van der Waals surface area (Å²) in [6.07, 6.45) is 3.76. The SMILES string of the molecule is CC(CCc1ccco1)NC(C)Cc1c(F)cccc1F. The van der Waals surface area contributed by atoms with Gasteiger partial charge in [-0.05, 0) is 51.0 Å². The van der Waals surface area contributed by atoms with Crippen molar-refractivity contribution in [1.29, 1.82) is 0 Å². The predicted octanol–water partition coefficient (Wildman–Crippen LogP) is 4.10. The van der Waals surface area contributed by atoms with Gasteiger partial charge >= 0.3 is 0 Å². The van der Waals surface area contributed by atoms with E-state index in [1.807, 2.05) is 19.1 Å². The van der Waals surface area contributed by atoms with Crippen LogP contribution in [0.3, 0.4) is 0 Å². The monoisotopic (exact) mass is 293 g/mol. The van der Waals surface area contributed by atoms with Crippen LogP contribution in [0.25, 0.3) is 0 Å². The van der Waals surface area contributed by atoms with Gasteiger partial charge in [0, 0.05) is 24.1 Å². The van der Waals surface area contributed by atoms with Crippen LogP contribution in [0.15, 0.2) is 41.0 Å². The van der Waals surface area contributed by atoms with Crippen LogP contribution >= 0.6 is 0 Å². The van der Waals surface area contributed by atoms with E-state index in [2.05, 4.69) is 12.2 Å². The van der Waals surface area contributed by atoms with Crippen LogP contribution in [-0.2, 0) is 12.8 Å². The van der Waals surface area contributed by atoms with Crippen LogP contribution in [0.4, 0.5) is 8.78 Å². The van der Waals surface area contributed by atoms with Gasteiger partial charge in [0.1, 0.15) is 17.4 Å². The van der Waals surface area contributed by atoms with Crippen molar-refractivity contribution in [2.45, 2.75) is 45.2 Å². The Labute approximate surface area is 124 Å². The third-order valence-corrected chi connectivity index (χ3v) is 3.54. The molecule has 0 bridgehead atoms. The van der Waals surface area contributed by atoms with Gasteiger partial charge in [-0.3, -0.25) is 0 Å². The minimum Gasteiger partial charge on any atom is -0.469 e. The normalized spacial score (nSPS) is 14.1. The van der Waals surface area contributed by atoms with E-state index in [-0.39, 0.29) is 17.6 Å². The third-order valence-electron chi connectivity index (χ3n) is 3.54. The zero-order valence-electron chi connectivity index (χ0n) is 12.4. The molecule has 0 spiro atoms. The van der Waals surface area contributed by atoms with Crippen LogP contribution in [0.5, 0.6) is 0 Å². The molecule has 0 saturated carbocycles.